The number of benzene rings is 1. The maximum Gasteiger partial charge on any atom is 0.540 e. The van der Waals surface area contributed by atoms with E-state index in [1.165, 1.54) is 0 Å². The topological polar surface area (TPSA) is 57.2 Å². The zero-order valence-electron chi connectivity index (χ0n) is 15.1. The Hall–Kier alpha value is -0.653. The molecule has 0 saturated carbocycles. The van der Waals surface area contributed by atoms with Crippen LogP contribution in [0, 0.1) is 0 Å². The molecular formula is C16H30O5PSi+. The van der Waals surface area contributed by atoms with Gasteiger partial charge in [0.05, 0.1) is 20.0 Å². The van der Waals surface area contributed by atoms with Crippen molar-refractivity contribution in [2.45, 2.75) is 20.8 Å². The smallest absolute Gasteiger partial charge is 0.508 e. The summed E-state index contributed by atoms with van der Waals surface area (Å²) in [5.41, 5.74) is 0. The molecule has 0 aromatic heterocycles. The third-order valence-corrected chi connectivity index (χ3v) is 7.64. The largest absolute Gasteiger partial charge is 0.540 e. The Balaban J connectivity index is 3.01. The van der Waals surface area contributed by atoms with Crippen molar-refractivity contribution in [1.29, 1.82) is 0 Å². The second kappa shape index (κ2) is 8.99. The fourth-order valence-electron chi connectivity index (χ4n) is 2.23. The van der Waals surface area contributed by atoms with Gasteiger partial charge >= 0.3 is 8.80 Å². The molecule has 0 aliphatic heterocycles. The summed E-state index contributed by atoms with van der Waals surface area (Å²) < 4.78 is 23.5. The lowest BCUT2D eigenvalue weighted by molar-refractivity contribution is 0.0542. The van der Waals surface area contributed by atoms with Crippen LogP contribution in [0.3, 0.4) is 0 Å². The predicted octanol–water partition coefficient (Wildman–Crippen LogP) is 2.89. The summed E-state index contributed by atoms with van der Waals surface area (Å²) in [6.07, 6.45) is 0.264. The highest BCUT2D eigenvalue weighted by atomic mass is 31.2. The Kier molecular flexibility index (Phi) is 7.97. The molecule has 5 nitrogen and oxygen atoms in total. The van der Waals surface area contributed by atoms with Crippen LogP contribution in [-0.2, 0) is 13.3 Å². The summed E-state index contributed by atoms with van der Waals surface area (Å²) in [5.74, 6) is 1.02. The third kappa shape index (κ3) is 6.05. The maximum absolute atomic E-state index is 9.78. The van der Waals surface area contributed by atoms with Crippen molar-refractivity contribution in [1.82, 2.24) is 0 Å². The number of hydrogen-bond donors (Lipinski definition) is 1. The van der Waals surface area contributed by atoms with E-state index < -0.39 is 16.1 Å². The molecule has 7 heteroatoms. The Morgan fingerprint density at radius 3 is 1.91 bits per heavy atom. The Morgan fingerprint density at radius 1 is 0.957 bits per heavy atom. The molecule has 132 valence electrons. The summed E-state index contributed by atoms with van der Waals surface area (Å²) in [6.45, 7) is 13.9. The summed E-state index contributed by atoms with van der Waals surface area (Å²) in [7, 11) is -4.20. The third-order valence-electron chi connectivity index (χ3n) is 3.16. The van der Waals surface area contributed by atoms with Crippen molar-refractivity contribution in [2.24, 2.45) is 0 Å². The van der Waals surface area contributed by atoms with Crippen molar-refractivity contribution in [3.05, 3.63) is 18.2 Å². The SMILES string of the molecule is CCO[Si](COc1ccc(O)cc1[P+](C)(C)C)(OCC)OCC. The lowest BCUT2D eigenvalue weighted by atomic mass is 10.3. The normalized spacial score (nSPS) is 12.4. The number of rotatable bonds is 10. The zero-order chi connectivity index (χ0) is 17.5. The molecule has 0 radical (unpaired) electrons. The van der Waals surface area contributed by atoms with Crippen LogP contribution in [0.15, 0.2) is 18.2 Å². The number of phenolic OH excluding ortho intramolecular Hbond substituents is 1. The summed E-state index contributed by atoms with van der Waals surface area (Å²) in [6, 6.07) is 5.23. The molecule has 0 fully saturated rings. The molecule has 0 unspecified atom stereocenters. The molecule has 0 heterocycles. The van der Waals surface area contributed by atoms with E-state index in [0.717, 1.165) is 11.1 Å². The minimum Gasteiger partial charge on any atom is -0.508 e. The minimum atomic E-state index is -2.85. The maximum atomic E-state index is 9.78. The van der Waals surface area contributed by atoms with Gasteiger partial charge in [0.1, 0.15) is 11.1 Å². The second-order valence-electron chi connectivity index (χ2n) is 5.94. The van der Waals surface area contributed by atoms with Gasteiger partial charge in [-0.15, -0.1) is 0 Å². The van der Waals surface area contributed by atoms with Crippen LogP contribution in [0.25, 0.3) is 0 Å². The molecular weight excluding hydrogens is 331 g/mol. The Bertz CT molecular complexity index is 473. The number of aromatic hydroxyl groups is 1. The first kappa shape index (κ1) is 20.4. The van der Waals surface area contributed by atoms with E-state index in [4.69, 9.17) is 18.0 Å². The highest BCUT2D eigenvalue weighted by Crippen LogP contribution is 2.48. The molecule has 0 amide bonds. The molecule has 0 aliphatic carbocycles. The quantitative estimate of drug-likeness (QED) is 0.513. The minimum absolute atomic E-state index is 0.255. The lowest BCUT2D eigenvalue weighted by Gasteiger charge is -2.28. The van der Waals surface area contributed by atoms with Crippen LogP contribution in [0.5, 0.6) is 11.5 Å². The molecule has 23 heavy (non-hydrogen) atoms. The van der Waals surface area contributed by atoms with E-state index in [-0.39, 0.29) is 12.0 Å². The van der Waals surface area contributed by atoms with Crippen molar-refractivity contribution in [3.8, 4) is 11.5 Å². The lowest BCUT2D eigenvalue weighted by Crippen LogP contribution is -2.52. The van der Waals surface area contributed by atoms with Crippen molar-refractivity contribution in [3.63, 3.8) is 0 Å². The zero-order valence-corrected chi connectivity index (χ0v) is 17.0. The molecule has 0 atom stereocenters. The van der Waals surface area contributed by atoms with E-state index >= 15 is 0 Å². The van der Waals surface area contributed by atoms with Gasteiger partial charge in [-0.2, -0.15) is 0 Å². The molecule has 0 bridgehead atoms. The van der Waals surface area contributed by atoms with Crippen molar-refractivity contribution >= 4 is 21.4 Å². The molecule has 0 aliphatic rings. The average molecular weight is 361 g/mol. The highest BCUT2D eigenvalue weighted by molar-refractivity contribution is 7.81. The second-order valence-corrected chi connectivity index (χ2v) is 13.0. The predicted molar refractivity (Wildman–Crippen MR) is 98.6 cm³/mol. The van der Waals surface area contributed by atoms with E-state index in [2.05, 4.69) is 20.0 Å². The van der Waals surface area contributed by atoms with Crippen LogP contribution in [0.1, 0.15) is 20.8 Å². The van der Waals surface area contributed by atoms with Crippen LogP contribution < -0.4 is 10.0 Å². The number of phenols is 1. The average Bonchev–Trinajstić information content (AvgIpc) is 2.46. The first-order chi connectivity index (χ1) is 10.8. The molecule has 1 N–H and O–H groups in total. The van der Waals surface area contributed by atoms with Gasteiger partial charge in [0.25, 0.3) is 0 Å². The van der Waals surface area contributed by atoms with Crippen molar-refractivity contribution in [2.75, 3.05) is 46.0 Å². The van der Waals surface area contributed by atoms with E-state index in [1.807, 2.05) is 20.8 Å². The summed E-state index contributed by atoms with van der Waals surface area (Å²) >= 11 is 0. The molecule has 1 rings (SSSR count). The van der Waals surface area contributed by atoms with Crippen LogP contribution in [0.4, 0.5) is 0 Å². The van der Waals surface area contributed by atoms with Crippen LogP contribution >= 0.6 is 7.26 Å². The first-order valence-corrected chi connectivity index (χ1v) is 13.0. The van der Waals surface area contributed by atoms with Gasteiger partial charge in [-0.3, -0.25) is 0 Å². The van der Waals surface area contributed by atoms with Crippen molar-refractivity contribution < 1.29 is 23.1 Å². The fraction of sp³-hybridized carbons (Fsp3) is 0.625. The number of ether oxygens (including phenoxy) is 1. The van der Waals surface area contributed by atoms with E-state index in [1.54, 1.807) is 18.2 Å². The van der Waals surface area contributed by atoms with Gasteiger partial charge in [0.2, 0.25) is 0 Å². The molecule has 1 aromatic carbocycles. The highest BCUT2D eigenvalue weighted by Gasteiger charge is 2.42. The molecule has 0 spiro atoms. The van der Waals surface area contributed by atoms with Crippen LogP contribution in [-0.4, -0.2) is 60.0 Å². The monoisotopic (exact) mass is 361 g/mol. The number of hydrogen-bond acceptors (Lipinski definition) is 5. The van der Waals surface area contributed by atoms with Gasteiger partial charge in [-0.25, -0.2) is 0 Å². The van der Waals surface area contributed by atoms with Crippen LogP contribution in [0.2, 0.25) is 0 Å². The molecule has 1 aromatic rings. The Morgan fingerprint density at radius 2 is 1.48 bits per heavy atom. The summed E-state index contributed by atoms with van der Waals surface area (Å²) in [5, 5.41) is 10.8. The summed E-state index contributed by atoms with van der Waals surface area (Å²) in [4.78, 5) is 0. The Labute approximate surface area is 141 Å². The molecule has 0 saturated heterocycles. The van der Waals surface area contributed by atoms with E-state index in [9.17, 15) is 5.11 Å². The van der Waals surface area contributed by atoms with Gasteiger partial charge in [0, 0.05) is 33.1 Å². The van der Waals surface area contributed by atoms with Gasteiger partial charge < -0.3 is 23.1 Å². The van der Waals surface area contributed by atoms with E-state index in [0.29, 0.717) is 19.8 Å². The van der Waals surface area contributed by atoms with Gasteiger partial charge in [-0.1, -0.05) is 0 Å². The first-order valence-electron chi connectivity index (χ1n) is 7.97. The fourth-order valence-corrected chi connectivity index (χ4v) is 5.70. The standard InChI is InChI=1S/C16H29O5PSi/c1-7-19-23(20-8-2,21-9-3)13-18-15-11-10-14(17)12-16(15)22(4,5)6/h10-12H,7-9,13H2,1-6H3/p+1. The van der Waals surface area contributed by atoms with Gasteiger partial charge in [0.15, 0.2) is 12.0 Å². The van der Waals surface area contributed by atoms with Gasteiger partial charge in [-0.05, 0) is 32.9 Å².